The first kappa shape index (κ1) is 12.9. The Hall–Kier alpha value is -1.20. The molecule has 0 amide bonds. The van der Waals surface area contributed by atoms with E-state index in [0.717, 1.165) is 0 Å². The van der Waals surface area contributed by atoms with Crippen molar-refractivity contribution in [3.8, 4) is 0 Å². The van der Waals surface area contributed by atoms with Crippen molar-refractivity contribution in [1.82, 2.24) is 0 Å². The lowest BCUT2D eigenvalue weighted by Gasteiger charge is -2.07. The number of methoxy groups -OCH3 is 2. The first-order valence-electron chi connectivity index (χ1n) is 5.04. The highest BCUT2D eigenvalue weighted by Crippen LogP contribution is 2.46. The Labute approximate surface area is 95.7 Å². The van der Waals surface area contributed by atoms with Gasteiger partial charge in [-0.15, -0.1) is 0 Å². The number of aliphatic imine (C=N–C) groups is 1. The molecule has 5 nitrogen and oxygen atoms in total. The highest BCUT2D eigenvalue weighted by molar-refractivity contribution is 5.74. The minimum atomic E-state index is -1.13. The smallest absolute Gasteiger partial charge is 0.320 e. The number of ether oxygens (including phenoxy) is 2. The van der Waals surface area contributed by atoms with Gasteiger partial charge in [0.1, 0.15) is 0 Å². The summed E-state index contributed by atoms with van der Waals surface area (Å²) in [5, 5.41) is 9.96. The molecule has 5 heteroatoms. The van der Waals surface area contributed by atoms with E-state index in [2.05, 4.69) is 18.3 Å². The summed E-state index contributed by atoms with van der Waals surface area (Å²) in [6, 6.07) is -0.189. The Morgan fingerprint density at radius 1 is 1.50 bits per heavy atom. The minimum Gasteiger partial charge on any atom is -0.463 e. The predicted octanol–water partition coefficient (Wildman–Crippen LogP) is 0.589. The summed E-state index contributed by atoms with van der Waals surface area (Å²) in [5.74, 6) is -0.208. The predicted molar refractivity (Wildman–Crippen MR) is 61.6 cm³/mol. The van der Waals surface area contributed by atoms with E-state index in [-0.39, 0.29) is 12.0 Å². The molecule has 1 N–H and O–H groups in total. The number of aliphatic hydroxyl groups is 1. The summed E-state index contributed by atoms with van der Waals surface area (Å²) in [5.41, 5.74) is 0. The van der Waals surface area contributed by atoms with Crippen molar-refractivity contribution in [1.29, 1.82) is 0 Å². The number of amidine groups is 1. The van der Waals surface area contributed by atoms with E-state index in [9.17, 15) is 5.11 Å². The average Bonchev–Trinajstić information content (AvgIpc) is 2.81. The van der Waals surface area contributed by atoms with Crippen LogP contribution in [0.15, 0.2) is 17.5 Å². The van der Waals surface area contributed by atoms with Gasteiger partial charge in [0.15, 0.2) is 6.04 Å². The number of nitrogens with zero attached hydrogens (tertiary/aromatic N) is 2. The molecule has 0 saturated heterocycles. The van der Waals surface area contributed by atoms with E-state index in [1.54, 1.807) is 11.5 Å². The molecule has 0 aromatic rings. The first-order chi connectivity index (χ1) is 7.38. The molecule has 0 aromatic heterocycles. The van der Waals surface area contributed by atoms with Crippen molar-refractivity contribution in [3.63, 3.8) is 0 Å². The second-order valence-corrected chi connectivity index (χ2v) is 3.92. The average molecular weight is 227 g/mol. The third kappa shape index (κ3) is 2.01. The van der Waals surface area contributed by atoms with Gasteiger partial charge in [0, 0.05) is 14.0 Å². The van der Waals surface area contributed by atoms with Gasteiger partial charge >= 0.3 is 5.88 Å². The lowest BCUT2D eigenvalue weighted by atomic mass is 10.4. The summed E-state index contributed by atoms with van der Waals surface area (Å²) in [7, 11) is 2.97. The van der Waals surface area contributed by atoms with Crippen LogP contribution in [0.1, 0.15) is 13.8 Å². The minimum absolute atomic E-state index is 0.00374. The van der Waals surface area contributed by atoms with Gasteiger partial charge in [-0.05, 0) is 11.6 Å². The fraction of sp³-hybridized carbons (Fsp3) is 0.636. The molecule has 1 aliphatic rings. The third-order valence-corrected chi connectivity index (χ3v) is 3.04. The van der Waals surface area contributed by atoms with Gasteiger partial charge in [-0.2, -0.15) is 0 Å². The topological polar surface area (TPSA) is 54.1 Å². The van der Waals surface area contributed by atoms with E-state index in [1.807, 2.05) is 6.92 Å². The maximum atomic E-state index is 9.96. The van der Waals surface area contributed by atoms with Crippen LogP contribution < -0.4 is 0 Å². The van der Waals surface area contributed by atoms with Crippen LogP contribution in [0.5, 0.6) is 0 Å². The first-order valence-corrected chi connectivity index (χ1v) is 5.04. The lowest BCUT2D eigenvalue weighted by Crippen LogP contribution is -2.28. The molecule has 0 bridgehead atoms. The summed E-state index contributed by atoms with van der Waals surface area (Å²) < 4.78 is 11.5. The zero-order valence-electron chi connectivity index (χ0n) is 10.2. The largest absolute Gasteiger partial charge is 0.463 e. The standard InChI is InChI=1S/C11H19N2O3/c1-7-10(11(7,14)16-6)13(4)8(2)12-9(3)15-5/h7,10,14H,3-4H2,1-2,5-6H3/q+1/b12-8-. The molecule has 0 heterocycles. The lowest BCUT2D eigenvalue weighted by molar-refractivity contribution is -0.441. The van der Waals surface area contributed by atoms with Crippen molar-refractivity contribution in [2.75, 3.05) is 14.2 Å². The molecule has 0 spiro atoms. The van der Waals surface area contributed by atoms with Gasteiger partial charge in [-0.1, -0.05) is 6.92 Å². The van der Waals surface area contributed by atoms with Crippen molar-refractivity contribution >= 4 is 12.6 Å². The third-order valence-electron chi connectivity index (χ3n) is 3.04. The van der Waals surface area contributed by atoms with E-state index in [4.69, 9.17) is 9.47 Å². The highest BCUT2D eigenvalue weighted by atomic mass is 16.6. The van der Waals surface area contributed by atoms with E-state index < -0.39 is 5.79 Å². The molecule has 3 unspecified atom stereocenters. The van der Waals surface area contributed by atoms with Crippen LogP contribution in [0.2, 0.25) is 0 Å². The molecule has 3 atom stereocenters. The van der Waals surface area contributed by atoms with Gasteiger partial charge < -0.3 is 14.6 Å². The molecule has 0 aliphatic heterocycles. The fourth-order valence-corrected chi connectivity index (χ4v) is 1.78. The van der Waals surface area contributed by atoms with Crippen LogP contribution in [0.25, 0.3) is 0 Å². The van der Waals surface area contributed by atoms with E-state index >= 15 is 0 Å². The molecule has 0 aromatic carbocycles. The summed E-state index contributed by atoms with van der Waals surface area (Å²) >= 11 is 0. The van der Waals surface area contributed by atoms with Gasteiger partial charge in [0.2, 0.25) is 5.79 Å². The molecular formula is C11H19N2O3+. The van der Waals surface area contributed by atoms with Crippen molar-refractivity contribution < 1.29 is 19.2 Å². The zero-order chi connectivity index (χ0) is 12.5. The van der Waals surface area contributed by atoms with E-state index in [0.29, 0.717) is 11.7 Å². The van der Waals surface area contributed by atoms with Crippen molar-refractivity contribution in [2.24, 2.45) is 10.9 Å². The molecule has 1 aliphatic carbocycles. The zero-order valence-corrected chi connectivity index (χ0v) is 10.2. The maximum Gasteiger partial charge on any atom is 0.320 e. The molecule has 1 rings (SSSR count). The summed E-state index contributed by atoms with van der Waals surface area (Å²) in [6.45, 7) is 11.1. The monoisotopic (exact) mass is 227 g/mol. The fourth-order valence-electron chi connectivity index (χ4n) is 1.78. The maximum absolute atomic E-state index is 9.96. The number of rotatable bonds is 4. The van der Waals surface area contributed by atoms with Crippen LogP contribution >= 0.6 is 0 Å². The quantitative estimate of drug-likeness (QED) is 0.251. The van der Waals surface area contributed by atoms with Gasteiger partial charge in [-0.3, -0.25) is 0 Å². The Morgan fingerprint density at radius 3 is 2.44 bits per heavy atom. The molecule has 16 heavy (non-hydrogen) atoms. The Kier molecular flexibility index (Phi) is 3.50. The second kappa shape index (κ2) is 4.35. The molecule has 0 radical (unpaired) electrons. The highest BCUT2D eigenvalue weighted by Gasteiger charge is 2.68. The van der Waals surface area contributed by atoms with Crippen LogP contribution in [0, 0.1) is 5.92 Å². The van der Waals surface area contributed by atoms with Crippen LogP contribution in [-0.2, 0) is 9.47 Å². The van der Waals surface area contributed by atoms with Crippen molar-refractivity contribution in [2.45, 2.75) is 25.7 Å². The van der Waals surface area contributed by atoms with E-state index in [1.165, 1.54) is 14.2 Å². The van der Waals surface area contributed by atoms with Gasteiger partial charge in [0.05, 0.1) is 19.7 Å². The molecule has 1 fully saturated rings. The summed E-state index contributed by atoms with van der Waals surface area (Å²) in [4.78, 5) is 4.09. The van der Waals surface area contributed by atoms with Gasteiger partial charge in [-0.25, -0.2) is 4.58 Å². The van der Waals surface area contributed by atoms with Crippen LogP contribution in [0.3, 0.4) is 0 Å². The molecule has 90 valence electrons. The summed E-state index contributed by atoms with van der Waals surface area (Å²) in [6.07, 6.45) is 0. The van der Waals surface area contributed by atoms with Crippen LogP contribution in [0.4, 0.5) is 0 Å². The number of hydrogen-bond acceptors (Lipinski definition) is 4. The molecular weight excluding hydrogens is 208 g/mol. The van der Waals surface area contributed by atoms with Crippen LogP contribution in [-0.4, -0.2) is 48.3 Å². The Balaban J connectivity index is 2.75. The SMILES string of the molecule is C=C(/N=C(/C)[N+](=C)C1C(C)C1(O)OC)OC. The number of hydrogen-bond donors (Lipinski definition) is 1. The van der Waals surface area contributed by atoms with Crippen molar-refractivity contribution in [3.05, 3.63) is 12.5 Å². The normalized spacial score (nSPS) is 33.4. The van der Waals surface area contributed by atoms with Gasteiger partial charge in [0.25, 0.3) is 5.84 Å². The molecule has 1 saturated carbocycles. The second-order valence-electron chi connectivity index (χ2n) is 3.92. The Morgan fingerprint density at radius 2 is 2.06 bits per heavy atom. The Bertz CT molecular complexity index is 351.